The average Bonchev–Trinajstić information content (AvgIpc) is 2.67. The molecule has 3 heteroatoms. The van der Waals surface area contributed by atoms with Crippen LogP contribution in [0.25, 0.3) is 10.9 Å². The summed E-state index contributed by atoms with van der Waals surface area (Å²) in [7, 11) is 3.60. The molecule has 17 heavy (non-hydrogen) atoms. The van der Waals surface area contributed by atoms with Crippen LogP contribution in [0.1, 0.15) is 10.5 Å². The molecule has 0 N–H and O–H groups in total. The van der Waals surface area contributed by atoms with Crippen LogP contribution in [0.5, 0.6) is 0 Å². The number of fused-ring (bicyclic) bond motifs is 1. The first kappa shape index (κ1) is 11.3. The molecule has 1 heterocycles. The van der Waals surface area contributed by atoms with Crippen molar-refractivity contribution < 1.29 is 4.79 Å². The average molecular weight is 226 g/mol. The van der Waals surface area contributed by atoms with E-state index in [1.807, 2.05) is 41.9 Å². The van der Waals surface area contributed by atoms with Crippen LogP contribution in [0.3, 0.4) is 0 Å². The monoisotopic (exact) mass is 226 g/mol. The highest BCUT2D eigenvalue weighted by atomic mass is 16.2. The Hall–Kier alpha value is -2.21. The molecule has 0 unspecified atom stereocenters. The van der Waals surface area contributed by atoms with E-state index in [4.69, 9.17) is 6.42 Å². The topological polar surface area (TPSA) is 25.2 Å². The molecule has 3 nitrogen and oxygen atoms in total. The Bertz CT molecular complexity index is 604. The molecule has 0 aliphatic rings. The molecule has 2 rings (SSSR count). The number of rotatable bonds is 2. The Morgan fingerprint density at radius 1 is 1.47 bits per heavy atom. The lowest BCUT2D eigenvalue weighted by atomic mass is 10.2. The second-order valence-corrected chi connectivity index (χ2v) is 4.01. The van der Waals surface area contributed by atoms with Crippen molar-refractivity contribution in [3.8, 4) is 12.3 Å². The number of hydrogen-bond donors (Lipinski definition) is 0. The molecule has 1 amide bonds. The van der Waals surface area contributed by atoms with Crippen LogP contribution in [0.2, 0.25) is 0 Å². The molecular weight excluding hydrogens is 212 g/mol. The lowest BCUT2D eigenvalue weighted by molar-refractivity contribution is 0.0804. The minimum Gasteiger partial charge on any atom is -0.340 e. The summed E-state index contributed by atoms with van der Waals surface area (Å²) < 4.78 is 1.89. The summed E-state index contributed by atoms with van der Waals surface area (Å²) in [6, 6.07) is 9.80. The van der Waals surface area contributed by atoms with Crippen molar-refractivity contribution in [2.75, 3.05) is 13.6 Å². The predicted molar refractivity (Wildman–Crippen MR) is 68.7 cm³/mol. The first-order chi connectivity index (χ1) is 8.15. The fourth-order valence-electron chi connectivity index (χ4n) is 1.90. The summed E-state index contributed by atoms with van der Waals surface area (Å²) in [5.74, 6) is 2.41. The van der Waals surface area contributed by atoms with E-state index in [0.29, 0.717) is 12.2 Å². The Balaban J connectivity index is 2.46. The third-order valence-electron chi connectivity index (χ3n) is 2.85. The Labute approximate surface area is 101 Å². The van der Waals surface area contributed by atoms with Gasteiger partial charge in [0.2, 0.25) is 0 Å². The van der Waals surface area contributed by atoms with Crippen LogP contribution in [0.4, 0.5) is 0 Å². The number of carbonyl (C=O) groups excluding carboxylic acids is 1. The van der Waals surface area contributed by atoms with Gasteiger partial charge < -0.3 is 9.47 Å². The van der Waals surface area contributed by atoms with E-state index in [-0.39, 0.29) is 5.91 Å². The van der Waals surface area contributed by atoms with E-state index < -0.39 is 0 Å². The van der Waals surface area contributed by atoms with Gasteiger partial charge in [-0.15, -0.1) is 6.42 Å². The minimum absolute atomic E-state index is 0.0540. The van der Waals surface area contributed by atoms with Crippen LogP contribution in [-0.2, 0) is 7.05 Å². The van der Waals surface area contributed by atoms with E-state index in [0.717, 1.165) is 10.9 Å². The van der Waals surface area contributed by atoms with Gasteiger partial charge in [-0.2, -0.15) is 0 Å². The first-order valence-electron chi connectivity index (χ1n) is 5.38. The van der Waals surface area contributed by atoms with Gasteiger partial charge in [-0.3, -0.25) is 4.79 Å². The maximum absolute atomic E-state index is 12.1. The molecule has 0 saturated heterocycles. The van der Waals surface area contributed by atoms with E-state index in [1.54, 1.807) is 7.05 Å². The largest absolute Gasteiger partial charge is 0.340 e. The van der Waals surface area contributed by atoms with Crippen molar-refractivity contribution in [3.63, 3.8) is 0 Å². The SMILES string of the molecule is C#CCN(C)C(=O)c1cc2ccccc2n1C. The number of aromatic nitrogens is 1. The van der Waals surface area contributed by atoms with Gasteiger partial charge in [0.1, 0.15) is 5.69 Å². The zero-order valence-corrected chi connectivity index (χ0v) is 9.97. The first-order valence-corrected chi connectivity index (χ1v) is 5.38. The van der Waals surface area contributed by atoms with Crippen LogP contribution in [0, 0.1) is 12.3 Å². The van der Waals surface area contributed by atoms with Gasteiger partial charge in [0.05, 0.1) is 6.54 Å². The molecule has 0 spiro atoms. The molecular formula is C14H14N2O. The highest BCUT2D eigenvalue weighted by molar-refractivity contribution is 5.98. The summed E-state index contributed by atoms with van der Waals surface area (Å²) in [6.45, 7) is 0.320. The molecule has 2 aromatic rings. The van der Waals surface area contributed by atoms with Gasteiger partial charge in [0, 0.05) is 25.0 Å². The Kier molecular flexibility index (Phi) is 2.88. The van der Waals surface area contributed by atoms with Crippen LogP contribution < -0.4 is 0 Å². The molecule has 1 aromatic carbocycles. The molecule has 0 aliphatic carbocycles. The van der Waals surface area contributed by atoms with Crippen molar-refractivity contribution >= 4 is 16.8 Å². The predicted octanol–water partition coefficient (Wildman–Crippen LogP) is 1.88. The quantitative estimate of drug-likeness (QED) is 0.718. The van der Waals surface area contributed by atoms with Gasteiger partial charge in [0.15, 0.2) is 0 Å². The van der Waals surface area contributed by atoms with E-state index in [1.165, 1.54) is 4.90 Å². The zero-order valence-electron chi connectivity index (χ0n) is 9.97. The molecule has 0 atom stereocenters. The minimum atomic E-state index is -0.0540. The third kappa shape index (κ3) is 1.90. The number of nitrogens with zero attached hydrogens (tertiary/aromatic N) is 2. The number of aryl methyl sites for hydroxylation is 1. The summed E-state index contributed by atoms with van der Waals surface area (Å²) in [5, 5.41) is 1.06. The van der Waals surface area contributed by atoms with Gasteiger partial charge in [0.25, 0.3) is 5.91 Å². The number of terminal acetylenes is 1. The van der Waals surface area contributed by atoms with E-state index >= 15 is 0 Å². The van der Waals surface area contributed by atoms with Crippen LogP contribution in [-0.4, -0.2) is 29.0 Å². The molecule has 0 bridgehead atoms. The molecule has 0 aliphatic heterocycles. The number of benzene rings is 1. The van der Waals surface area contributed by atoms with E-state index in [9.17, 15) is 4.79 Å². The van der Waals surface area contributed by atoms with Gasteiger partial charge in [-0.1, -0.05) is 24.1 Å². The second kappa shape index (κ2) is 4.34. The highest BCUT2D eigenvalue weighted by Gasteiger charge is 2.16. The molecule has 0 saturated carbocycles. The van der Waals surface area contributed by atoms with Gasteiger partial charge >= 0.3 is 0 Å². The Morgan fingerprint density at radius 2 is 2.18 bits per heavy atom. The maximum atomic E-state index is 12.1. The zero-order chi connectivity index (χ0) is 12.4. The smallest absolute Gasteiger partial charge is 0.271 e. The number of amides is 1. The van der Waals surface area contributed by atoms with Crippen molar-refractivity contribution in [1.82, 2.24) is 9.47 Å². The number of carbonyl (C=O) groups is 1. The van der Waals surface area contributed by atoms with Gasteiger partial charge in [-0.25, -0.2) is 0 Å². The van der Waals surface area contributed by atoms with Crippen LogP contribution >= 0.6 is 0 Å². The second-order valence-electron chi connectivity index (χ2n) is 4.01. The molecule has 0 radical (unpaired) electrons. The highest BCUT2D eigenvalue weighted by Crippen LogP contribution is 2.19. The molecule has 1 aromatic heterocycles. The maximum Gasteiger partial charge on any atom is 0.271 e. The molecule has 0 fully saturated rings. The standard InChI is InChI=1S/C14H14N2O/c1-4-9-15(2)14(17)13-10-11-7-5-6-8-12(11)16(13)3/h1,5-8,10H,9H2,2-3H3. The van der Waals surface area contributed by atoms with E-state index in [2.05, 4.69) is 5.92 Å². The van der Waals surface area contributed by atoms with Crippen molar-refractivity contribution in [2.24, 2.45) is 7.05 Å². The molecule has 86 valence electrons. The summed E-state index contributed by atoms with van der Waals surface area (Å²) >= 11 is 0. The summed E-state index contributed by atoms with van der Waals surface area (Å²) in [4.78, 5) is 13.7. The lowest BCUT2D eigenvalue weighted by Gasteiger charge is -2.14. The van der Waals surface area contributed by atoms with Crippen molar-refractivity contribution in [2.45, 2.75) is 0 Å². The fraction of sp³-hybridized carbons (Fsp3) is 0.214. The summed E-state index contributed by atoms with van der Waals surface area (Å²) in [5.41, 5.74) is 1.70. The lowest BCUT2D eigenvalue weighted by Crippen LogP contribution is -2.28. The number of para-hydroxylation sites is 1. The number of hydrogen-bond acceptors (Lipinski definition) is 1. The Morgan fingerprint density at radius 3 is 2.82 bits per heavy atom. The summed E-state index contributed by atoms with van der Waals surface area (Å²) in [6.07, 6.45) is 5.21. The third-order valence-corrected chi connectivity index (χ3v) is 2.85. The van der Waals surface area contributed by atoms with Gasteiger partial charge in [-0.05, 0) is 12.1 Å². The van der Waals surface area contributed by atoms with Crippen LogP contribution in [0.15, 0.2) is 30.3 Å². The van der Waals surface area contributed by atoms with Crippen molar-refractivity contribution in [3.05, 3.63) is 36.0 Å². The normalized spacial score (nSPS) is 10.2. The van der Waals surface area contributed by atoms with Crippen molar-refractivity contribution in [1.29, 1.82) is 0 Å². The fourth-order valence-corrected chi connectivity index (χ4v) is 1.90.